The zero-order chi connectivity index (χ0) is 22.5. The average molecular weight is 483 g/mol. The first-order chi connectivity index (χ1) is 13.7. The van der Waals surface area contributed by atoms with Crippen molar-refractivity contribution in [3.8, 4) is 0 Å². The summed E-state index contributed by atoms with van der Waals surface area (Å²) in [5, 5.41) is 2.55. The van der Waals surface area contributed by atoms with Crippen LogP contribution in [0.5, 0.6) is 0 Å². The van der Waals surface area contributed by atoms with Crippen LogP contribution in [0.2, 0.25) is 10.0 Å². The van der Waals surface area contributed by atoms with E-state index in [0.717, 1.165) is 12.1 Å². The smallest absolute Gasteiger partial charge is 0.374 e. The van der Waals surface area contributed by atoms with E-state index < -0.39 is 49.4 Å². The van der Waals surface area contributed by atoms with Gasteiger partial charge in [-0.3, -0.25) is 0 Å². The van der Waals surface area contributed by atoms with Crippen LogP contribution in [-0.4, -0.2) is 28.6 Å². The molecule has 0 N–H and O–H groups in total. The van der Waals surface area contributed by atoms with Crippen molar-refractivity contribution in [2.45, 2.75) is 25.1 Å². The molecule has 1 atom stereocenters. The summed E-state index contributed by atoms with van der Waals surface area (Å²) >= 11 is 11.4. The number of hydrogen-bond acceptors (Lipinski definition) is 4. The van der Waals surface area contributed by atoms with Crippen molar-refractivity contribution in [3.63, 3.8) is 0 Å². The molecule has 0 spiro atoms. The molecule has 3 rings (SSSR count). The largest absolute Gasteiger partial charge is 0.435 e. The topological polar surface area (TPSA) is 51.0 Å². The summed E-state index contributed by atoms with van der Waals surface area (Å²) in [5.74, 6) is -1.02. The highest BCUT2D eigenvalue weighted by molar-refractivity contribution is 7.92. The van der Waals surface area contributed by atoms with Gasteiger partial charge in [-0.15, -0.1) is 0 Å². The Labute approximate surface area is 181 Å². The Morgan fingerprint density at radius 3 is 2.27 bits per heavy atom. The normalized spacial score (nSPS) is 19.4. The molecule has 1 aliphatic heterocycles. The molecule has 0 bridgehead atoms. The summed E-state index contributed by atoms with van der Waals surface area (Å²) in [6, 6.07) is 6.33. The molecule has 0 amide bonds. The van der Waals surface area contributed by atoms with Crippen LogP contribution in [0.15, 0.2) is 39.9 Å². The number of oxime groups is 1. The summed E-state index contributed by atoms with van der Waals surface area (Å²) in [7, 11) is -2.40. The summed E-state index contributed by atoms with van der Waals surface area (Å²) in [6.45, 7) is 1.69. The predicted octanol–water partition coefficient (Wildman–Crippen LogP) is 6.38. The highest BCUT2D eigenvalue weighted by Gasteiger charge is 2.62. The number of nitrogens with zero attached hydrogens (tertiary/aromatic N) is 2. The van der Waals surface area contributed by atoms with E-state index in [1.54, 1.807) is 19.1 Å². The summed E-state index contributed by atoms with van der Waals surface area (Å²) in [6.07, 6.45) is -2.59. The maximum absolute atomic E-state index is 14.1. The summed E-state index contributed by atoms with van der Waals surface area (Å²) < 4.78 is 71.9. The van der Waals surface area contributed by atoms with Crippen LogP contribution >= 0.6 is 23.2 Å². The zero-order valence-corrected chi connectivity index (χ0v) is 18.3. The second-order valence-corrected chi connectivity index (χ2v) is 10.5. The van der Waals surface area contributed by atoms with Crippen LogP contribution in [0, 0.1) is 12.7 Å². The fraction of sp³-hybridized carbons (Fsp3) is 0.316. The second kappa shape index (κ2) is 7.69. The number of benzene rings is 2. The molecule has 1 aliphatic rings. The third-order valence-corrected chi connectivity index (χ3v) is 5.67. The number of alkyl halides is 3. The Morgan fingerprint density at radius 1 is 1.17 bits per heavy atom. The number of aryl methyl sites for hydroxylation is 1. The lowest BCUT2D eigenvalue weighted by molar-refractivity contribution is -0.275. The lowest BCUT2D eigenvalue weighted by Crippen LogP contribution is -2.42. The lowest BCUT2D eigenvalue weighted by atomic mass is 9.86. The van der Waals surface area contributed by atoms with Gasteiger partial charge in [0.2, 0.25) is 0 Å². The van der Waals surface area contributed by atoms with Gasteiger partial charge >= 0.3 is 6.18 Å². The van der Waals surface area contributed by atoms with Crippen molar-refractivity contribution in [1.29, 1.82) is 0 Å². The van der Waals surface area contributed by atoms with E-state index in [1.165, 1.54) is 18.6 Å². The maximum atomic E-state index is 14.1. The van der Waals surface area contributed by atoms with E-state index in [-0.39, 0.29) is 5.71 Å². The van der Waals surface area contributed by atoms with E-state index >= 15 is 0 Å². The van der Waals surface area contributed by atoms with Gasteiger partial charge in [-0.05, 0) is 42.3 Å². The number of halogens is 6. The number of rotatable bonds is 3. The minimum absolute atomic E-state index is 0.0345. The molecular formula is C19H16Cl2F4N2O2S. The molecule has 30 heavy (non-hydrogen) atoms. The standard InChI is InChI=1S/C19H16Cl2F4N2O2S/c1-10-6-11(4-5-15(10)27-30(2,3)28)16-9-18(29-26-16,19(23,24)25)12-7-13(20)17(22)14(21)8-12/h4-8H,9H2,1-3H3. The fourth-order valence-corrected chi connectivity index (χ4v) is 4.19. The number of hydrogen-bond donors (Lipinski definition) is 0. The lowest BCUT2D eigenvalue weighted by Gasteiger charge is -2.29. The van der Waals surface area contributed by atoms with Crippen LogP contribution in [0.25, 0.3) is 0 Å². The summed E-state index contributed by atoms with van der Waals surface area (Å²) in [4.78, 5) is 4.91. The average Bonchev–Trinajstić information content (AvgIpc) is 3.06. The monoisotopic (exact) mass is 482 g/mol. The van der Waals surface area contributed by atoms with Crippen molar-refractivity contribution >= 4 is 44.3 Å². The van der Waals surface area contributed by atoms with Crippen molar-refractivity contribution < 1.29 is 26.6 Å². The van der Waals surface area contributed by atoms with Crippen LogP contribution in [0.4, 0.5) is 23.2 Å². The van der Waals surface area contributed by atoms with E-state index in [4.69, 9.17) is 28.0 Å². The Kier molecular flexibility index (Phi) is 5.85. The van der Waals surface area contributed by atoms with Gasteiger partial charge in [0.05, 0.1) is 21.4 Å². The van der Waals surface area contributed by atoms with Crippen molar-refractivity contribution in [2.75, 3.05) is 12.5 Å². The van der Waals surface area contributed by atoms with E-state index in [0.29, 0.717) is 16.8 Å². The van der Waals surface area contributed by atoms with Crippen LogP contribution in [0.3, 0.4) is 0 Å². The molecule has 0 radical (unpaired) electrons. The first kappa shape index (κ1) is 22.8. The Hall–Kier alpha value is -1.84. The fourth-order valence-electron chi connectivity index (χ4n) is 3.02. The van der Waals surface area contributed by atoms with Gasteiger partial charge in [-0.2, -0.15) is 17.5 Å². The van der Waals surface area contributed by atoms with Gasteiger partial charge in [-0.1, -0.05) is 34.4 Å². The van der Waals surface area contributed by atoms with Gasteiger partial charge in [0.1, 0.15) is 0 Å². The second-order valence-electron chi connectivity index (χ2n) is 7.16. The molecule has 4 nitrogen and oxygen atoms in total. The third kappa shape index (κ3) is 4.29. The van der Waals surface area contributed by atoms with Gasteiger partial charge in [-0.25, -0.2) is 8.60 Å². The first-order valence-electron chi connectivity index (χ1n) is 8.48. The molecule has 0 aromatic heterocycles. The molecule has 0 aliphatic carbocycles. The maximum Gasteiger partial charge on any atom is 0.435 e. The molecule has 2 aromatic carbocycles. The van der Waals surface area contributed by atoms with Gasteiger partial charge < -0.3 is 4.84 Å². The first-order valence-corrected chi connectivity index (χ1v) is 11.6. The highest BCUT2D eigenvalue weighted by Crippen LogP contribution is 2.50. The molecule has 0 saturated carbocycles. The van der Waals surface area contributed by atoms with Gasteiger partial charge in [0.15, 0.2) is 5.82 Å². The van der Waals surface area contributed by atoms with Crippen molar-refractivity contribution in [3.05, 3.63) is 62.9 Å². The molecule has 0 fully saturated rings. The molecular weight excluding hydrogens is 467 g/mol. The summed E-state index contributed by atoms with van der Waals surface area (Å²) in [5.41, 5.74) is -1.81. The van der Waals surface area contributed by atoms with Crippen molar-refractivity contribution in [1.82, 2.24) is 0 Å². The Bertz CT molecular complexity index is 1140. The Balaban J connectivity index is 2.03. The molecule has 162 valence electrons. The zero-order valence-electron chi connectivity index (χ0n) is 16.0. The van der Waals surface area contributed by atoms with Crippen LogP contribution < -0.4 is 0 Å². The molecule has 2 aromatic rings. The SMILES string of the molecule is Cc1cc(C2=NOC(c3cc(Cl)c(F)c(Cl)c3)(C(F)(F)F)C2)ccc1N=S(C)(C)=O. The molecule has 1 unspecified atom stereocenters. The molecule has 11 heteroatoms. The minimum atomic E-state index is -4.89. The van der Waals surface area contributed by atoms with Gasteiger partial charge in [0, 0.05) is 34.2 Å². The quantitative estimate of drug-likeness (QED) is 0.376. The third-order valence-electron chi connectivity index (χ3n) is 4.48. The van der Waals surface area contributed by atoms with E-state index in [1.807, 2.05) is 0 Å². The van der Waals surface area contributed by atoms with Crippen LogP contribution in [0.1, 0.15) is 23.1 Å². The molecule has 0 saturated heterocycles. The minimum Gasteiger partial charge on any atom is -0.374 e. The van der Waals surface area contributed by atoms with Crippen LogP contribution in [-0.2, 0) is 20.2 Å². The Morgan fingerprint density at radius 2 is 1.77 bits per heavy atom. The van der Waals surface area contributed by atoms with E-state index in [9.17, 15) is 21.8 Å². The van der Waals surface area contributed by atoms with Gasteiger partial charge in [0.25, 0.3) is 5.60 Å². The highest BCUT2D eigenvalue weighted by atomic mass is 35.5. The van der Waals surface area contributed by atoms with Crippen molar-refractivity contribution in [2.24, 2.45) is 9.52 Å². The van der Waals surface area contributed by atoms with E-state index in [2.05, 4.69) is 9.52 Å². The molecule has 1 heterocycles. The predicted molar refractivity (Wildman–Crippen MR) is 110 cm³/mol.